The van der Waals surface area contributed by atoms with Gasteiger partial charge in [-0.25, -0.2) is 9.97 Å². The van der Waals surface area contributed by atoms with Crippen molar-refractivity contribution in [1.82, 2.24) is 9.97 Å². The second-order valence-corrected chi connectivity index (χ2v) is 4.72. The zero-order valence-corrected chi connectivity index (χ0v) is 10.5. The Morgan fingerprint density at radius 1 is 1.42 bits per heavy atom. The first-order valence-electron chi connectivity index (χ1n) is 5.58. The zero-order chi connectivity index (χ0) is 14.0. The van der Waals surface area contributed by atoms with Crippen LogP contribution in [0.5, 0.6) is 0 Å². The van der Waals surface area contributed by atoms with Gasteiger partial charge < -0.3 is 5.11 Å². The number of halogens is 1. The van der Waals surface area contributed by atoms with E-state index >= 15 is 0 Å². The lowest BCUT2D eigenvalue weighted by Gasteiger charge is -2.30. The monoisotopic (exact) mass is 276 g/mol. The number of nitrogens with zero attached hydrogens (tertiary/aromatic N) is 4. The van der Waals surface area contributed by atoms with Crippen molar-refractivity contribution in [2.24, 2.45) is 11.8 Å². The number of carboxylic acid groups (broad SMARTS) is 1. The molecule has 1 unspecified atom stereocenters. The smallest absolute Gasteiger partial charge is 0.316 e. The molecule has 1 aromatic rings. The minimum Gasteiger partial charge on any atom is -0.481 e. The maximum absolute atomic E-state index is 11.8. The summed E-state index contributed by atoms with van der Waals surface area (Å²) in [7, 11) is 0. The van der Waals surface area contributed by atoms with Gasteiger partial charge in [0.15, 0.2) is 5.92 Å². The third-order valence-electron chi connectivity index (χ3n) is 3.39. The van der Waals surface area contributed by atoms with Gasteiger partial charge in [-0.2, -0.15) is 10.5 Å². The summed E-state index contributed by atoms with van der Waals surface area (Å²) in [6.07, 6.45) is 3.89. The molecule has 19 heavy (non-hydrogen) atoms. The summed E-state index contributed by atoms with van der Waals surface area (Å²) >= 11 is 5.58. The van der Waals surface area contributed by atoms with Gasteiger partial charge in [-0.1, -0.05) is 0 Å². The molecular formula is C12H9ClN4O2. The van der Waals surface area contributed by atoms with Gasteiger partial charge in [0.25, 0.3) is 0 Å². The highest BCUT2D eigenvalue weighted by Gasteiger charge is 2.58. The highest BCUT2D eigenvalue weighted by molar-refractivity contribution is 6.28. The number of hydrogen-bond acceptors (Lipinski definition) is 5. The van der Waals surface area contributed by atoms with E-state index in [4.69, 9.17) is 22.1 Å². The Balaban J connectivity index is 2.63. The summed E-state index contributed by atoms with van der Waals surface area (Å²) in [6, 6.07) is 3.56. The summed E-state index contributed by atoms with van der Waals surface area (Å²) in [4.78, 5) is 19.3. The standard InChI is InChI=1S/C12H9ClN4O2/c13-11-16-5-9(6-17-11)12(10(18)19,7-1-2-7)8(3-14)4-15/h5-8H,1-2H2,(H,18,19). The molecule has 7 heteroatoms. The molecule has 1 aliphatic carbocycles. The van der Waals surface area contributed by atoms with Gasteiger partial charge in [0.05, 0.1) is 12.1 Å². The van der Waals surface area contributed by atoms with E-state index in [0.29, 0.717) is 12.8 Å². The molecule has 0 radical (unpaired) electrons. The fraction of sp³-hybridized carbons (Fsp3) is 0.417. The Bertz CT molecular complexity index is 571. The molecule has 0 aliphatic heterocycles. The van der Waals surface area contributed by atoms with E-state index in [9.17, 15) is 9.90 Å². The third-order valence-corrected chi connectivity index (χ3v) is 3.58. The van der Waals surface area contributed by atoms with Crippen LogP contribution >= 0.6 is 11.6 Å². The van der Waals surface area contributed by atoms with Crippen LogP contribution in [0.2, 0.25) is 5.28 Å². The molecule has 1 saturated carbocycles. The van der Waals surface area contributed by atoms with E-state index in [-0.39, 0.29) is 16.8 Å². The maximum Gasteiger partial charge on any atom is 0.316 e. The molecule has 0 amide bonds. The van der Waals surface area contributed by atoms with Crippen LogP contribution in [0.1, 0.15) is 18.4 Å². The SMILES string of the molecule is N#CC(C#N)C(C(=O)O)(c1cnc(Cl)nc1)C1CC1. The van der Waals surface area contributed by atoms with Gasteiger partial charge in [0.2, 0.25) is 5.28 Å². The van der Waals surface area contributed by atoms with E-state index in [1.165, 1.54) is 12.4 Å². The Labute approximate surface area is 114 Å². The number of carboxylic acids is 1. The highest BCUT2D eigenvalue weighted by Crippen LogP contribution is 2.51. The molecule has 0 spiro atoms. The van der Waals surface area contributed by atoms with Crippen LogP contribution in [0.4, 0.5) is 0 Å². The van der Waals surface area contributed by atoms with E-state index in [1.54, 1.807) is 12.1 Å². The van der Waals surface area contributed by atoms with E-state index < -0.39 is 17.3 Å². The lowest BCUT2D eigenvalue weighted by atomic mass is 9.68. The van der Waals surface area contributed by atoms with Gasteiger partial charge in [-0.15, -0.1) is 0 Å². The van der Waals surface area contributed by atoms with Crippen LogP contribution in [0.3, 0.4) is 0 Å². The largest absolute Gasteiger partial charge is 0.481 e. The number of hydrogen-bond donors (Lipinski definition) is 1. The Kier molecular flexibility index (Phi) is 3.37. The molecule has 96 valence electrons. The van der Waals surface area contributed by atoms with Crippen molar-refractivity contribution in [3.63, 3.8) is 0 Å². The molecule has 1 heterocycles. The predicted octanol–water partition coefficient (Wildman–Crippen LogP) is 1.53. The van der Waals surface area contributed by atoms with E-state index in [1.807, 2.05) is 0 Å². The first-order valence-corrected chi connectivity index (χ1v) is 5.95. The third kappa shape index (κ3) is 2.00. The maximum atomic E-state index is 11.8. The number of carbonyl (C=O) groups is 1. The van der Waals surface area contributed by atoms with E-state index in [0.717, 1.165) is 0 Å². The molecule has 0 aromatic carbocycles. The number of nitriles is 2. The summed E-state index contributed by atoms with van der Waals surface area (Å²) in [5.74, 6) is -2.74. The first kappa shape index (κ1) is 13.3. The highest BCUT2D eigenvalue weighted by atomic mass is 35.5. The number of aliphatic carboxylic acids is 1. The molecule has 1 aromatic heterocycles. The Morgan fingerprint density at radius 3 is 2.32 bits per heavy atom. The molecule has 0 saturated heterocycles. The lowest BCUT2D eigenvalue weighted by Crippen LogP contribution is -2.44. The van der Waals surface area contributed by atoms with E-state index in [2.05, 4.69) is 9.97 Å². The molecule has 6 nitrogen and oxygen atoms in total. The molecule has 1 fully saturated rings. The fourth-order valence-electron chi connectivity index (χ4n) is 2.36. The Morgan fingerprint density at radius 2 is 1.95 bits per heavy atom. The summed E-state index contributed by atoms with van der Waals surface area (Å²) < 4.78 is 0. The van der Waals surface area contributed by atoms with Crippen LogP contribution in [0.25, 0.3) is 0 Å². The minimum absolute atomic E-state index is 0.00991. The van der Waals surface area contributed by atoms with Crippen molar-refractivity contribution < 1.29 is 9.90 Å². The molecule has 0 bridgehead atoms. The second-order valence-electron chi connectivity index (χ2n) is 4.38. The van der Waals surface area contributed by atoms with Crippen LogP contribution in [0.15, 0.2) is 12.4 Å². The van der Waals surface area contributed by atoms with Crippen molar-refractivity contribution in [3.8, 4) is 12.1 Å². The van der Waals surface area contributed by atoms with Crippen molar-refractivity contribution in [1.29, 1.82) is 10.5 Å². The summed E-state index contributed by atoms with van der Waals surface area (Å²) in [6.45, 7) is 0. The van der Waals surface area contributed by atoms with Crippen molar-refractivity contribution >= 4 is 17.6 Å². The second kappa shape index (κ2) is 4.83. The molecule has 1 atom stereocenters. The first-order chi connectivity index (χ1) is 9.07. The van der Waals surface area contributed by atoms with Crippen LogP contribution < -0.4 is 0 Å². The molecule has 2 rings (SSSR count). The van der Waals surface area contributed by atoms with Crippen LogP contribution in [-0.4, -0.2) is 21.0 Å². The van der Waals surface area contributed by atoms with Gasteiger partial charge in [0, 0.05) is 18.0 Å². The van der Waals surface area contributed by atoms with Crippen molar-refractivity contribution in [3.05, 3.63) is 23.2 Å². The van der Waals surface area contributed by atoms with Crippen LogP contribution in [-0.2, 0) is 10.2 Å². The van der Waals surface area contributed by atoms with Crippen LogP contribution in [0, 0.1) is 34.5 Å². The molecule has 1 N–H and O–H groups in total. The fourth-order valence-corrected chi connectivity index (χ4v) is 2.45. The Hall–Kier alpha value is -2.18. The topological polar surface area (TPSA) is 111 Å². The summed E-state index contributed by atoms with van der Waals surface area (Å²) in [5.41, 5.74) is -1.33. The number of aromatic nitrogens is 2. The lowest BCUT2D eigenvalue weighted by molar-refractivity contribution is -0.145. The predicted molar refractivity (Wildman–Crippen MR) is 63.8 cm³/mol. The van der Waals surface area contributed by atoms with Gasteiger partial charge in [-0.05, 0) is 30.4 Å². The molecular weight excluding hydrogens is 268 g/mol. The average Bonchev–Trinajstić information content (AvgIpc) is 3.21. The van der Waals surface area contributed by atoms with Crippen molar-refractivity contribution in [2.45, 2.75) is 18.3 Å². The van der Waals surface area contributed by atoms with Crippen molar-refractivity contribution in [2.75, 3.05) is 0 Å². The zero-order valence-electron chi connectivity index (χ0n) is 9.75. The quantitative estimate of drug-likeness (QED) is 0.835. The van der Waals surface area contributed by atoms with Gasteiger partial charge >= 0.3 is 5.97 Å². The van der Waals surface area contributed by atoms with Gasteiger partial charge in [0.1, 0.15) is 5.41 Å². The minimum atomic E-state index is -1.58. The number of rotatable bonds is 4. The normalized spacial score (nSPS) is 17.3. The molecule has 1 aliphatic rings. The summed E-state index contributed by atoms with van der Waals surface area (Å²) in [5, 5.41) is 27.8. The average molecular weight is 277 g/mol. The van der Waals surface area contributed by atoms with Gasteiger partial charge in [-0.3, -0.25) is 4.79 Å².